The maximum Gasteiger partial charge on any atom is 0.345 e. The molecule has 2 heterocycles. The number of thiazole rings is 1. The fraction of sp³-hybridized carbons (Fsp3) is 0.0714. The van der Waals surface area contributed by atoms with Crippen LogP contribution in [0.4, 0.5) is 4.39 Å². The number of aromatic nitrogens is 2. The number of carbonyl (C=O) groups excluding carboxylic acids is 1. The van der Waals surface area contributed by atoms with E-state index in [9.17, 15) is 14.0 Å². The first-order chi connectivity index (χ1) is 10.6. The van der Waals surface area contributed by atoms with Gasteiger partial charge in [-0.1, -0.05) is 17.7 Å². The van der Waals surface area contributed by atoms with E-state index in [-0.39, 0.29) is 22.8 Å². The van der Waals surface area contributed by atoms with Crippen LogP contribution in [0.5, 0.6) is 0 Å². The summed E-state index contributed by atoms with van der Waals surface area (Å²) in [4.78, 5) is 28.6. The lowest BCUT2D eigenvalue weighted by Crippen LogP contribution is -2.23. The van der Waals surface area contributed by atoms with Gasteiger partial charge in [0.05, 0.1) is 11.2 Å². The molecular weight excluding hydrogens is 331 g/mol. The molecule has 0 fully saturated rings. The smallest absolute Gasteiger partial charge is 0.345 e. The van der Waals surface area contributed by atoms with Crippen molar-refractivity contribution in [3.8, 4) is 0 Å². The van der Waals surface area contributed by atoms with Gasteiger partial charge in [-0.25, -0.2) is 14.2 Å². The Morgan fingerprint density at radius 3 is 3.05 bits per heavy atom. The van der Waals surface area contributed by atoms with Crippen LogP contribution in [0.25, 0.3) is 4.96 Å². The second-order valence-electron chi connectivity index (χ2n) is 4.31. The Hall–Kier alpha value is -2.25. The summed E-state index contributed by atoms with van der Waals surface area (Å²) in [5.41, 5.74) is -0.693. The average Bonchev–Trinajstić information content (AvgIpc) is 2.96. The van der Waals surface area contributed by atoms with E-state index in [1.807, 2.05) is 0 Å². The molecule has 2 aromatic heterocycles. The molecule has 0 bridgehead atoms. The van der Waals surface area contributed by atoms with E-state index in [1.54, 1.807) is 5.38 Å². The summed E-state index contributed by atoms with van der Waals surface area (Å²) >= 11 is 7.11. The first-order valence-electron chi connectivity index (χ1n) is 6.13. The molecule has 112 valence electrons. The third kappa shape index (κ3) is 2.60. The van der Waals surface area contributed by atoms with Crippen molar-refractivity contribution >= 4 is 33.9 Å². The Kier molecular flexibility index (Phi) is 3.91. The van der Waals surface area contributed by atoms with Crippen LogP contribution in [0.1, 0.15) is 15.9 Å². The number of nitrogens with zero attached hydrogens (tertiary/aromatic N) is 2. The standard InChI is InChI=1S/C14H8ClFN2O3S/c15-10-2-1-3-11(16)9(10)7-21-13(20)8-6-17-14-18(12(8)19)4-5-22-14/h1-6H,7H2. The Balaban J connectivity index is 1.85. The molecule has 0 saturated carbocycles. The molecule has 5 nitrogen and oxygen atoms in total. The van der Waals surface area contributed by atoms with Crippen LogP contribution < -0.4 is 5.56 Å². The van der Waals surface area contributed by atoms with Crippen molar-refractivity contribution in [3.63, 3.8) is 0 Å². The summed E-state index contributed by atoms with van der Waals surface area (Å²) in [7, 11) is 0. The van der Waals surface area contributed by atoms with E-state index in [0.717, 1.165) is 6.20 Å². The summed E-state index contributed by atoms with van der Waals surface area (Å²) in [6.45, 7) is -0.365. The van der Waals surface area contributed by atoms with Crippen molar-refractivity contribution < 1.29 is 13.9 Å². The number of rotatable bonds is 3. The van der Waals surface area contributed by atoms with Crippen molar-refractivity contribution in [1.29, 1.82) is 0 Å². The van der Waals surface area contributed by atoms with Crippen molar-refractivity contribution in [2.75, 3.05) is 0 Å². The zero-order valence-corrected chi connectivity index (χ0v) is 12.5. The third-order valence-electron chi connectivity index (χ3n) is 2.97. The van der Waals surface area contributed by atoms with Crippen LogP contribution in [0.2, 0.25) is 5.02 Å². The Morgan fingerprint density at radius 2 is 2.27 bits per heavy atom. The Morgan fingerprint density at radius 1 is 1.45 bits per heavy atom. The van der Waals surface area contributed by atoms with E-state index in [4.69, 9.17) is 16.3 Å². The Bertz CT molecular complexity index is 902. The van der Waals surface area contributed by atoms with Gasteiger partial charge >= 0.3 is 5.97 Å². The summed E-state index contributed by atoms with van der Waals surface area (Å²) in [5, 5.41) is 1.83. The Labute approximate surface area is 132 Å². The minimum Gasteiger partial charge on any atom is -0.457 e. The number of fused-ring (bicyclic) bond motifs is 1. The molecule has 3 aromatic rings. The zero-order chi connectivity index (χ0) is 15.7. The fourth-order valence-electron chi connectivity index (χ4n) is 1.85. The second kappa shape index (κ2) is 5.86. The molecule has 22 heavy (non-hydrogen) atoms. The highest BCUT2D eigenvalue weighted by Crippen LogP contribution is 2.20. The fourth-order valence-corrected chi connectivity index (χ4v) is 2.74. The largest absolute Gasteiger partial charge is 0.457 e. The molecule has 0 aliphatic heterocycles. The van der Waals surface area contributed by atoms with Gasteiger partial charge in [0.2, 0.25) is 0 Å². The number of esters is 1. The summed E-state index contributed by atoms with van der Waals surface area (Å²) in [5.74, 6) is -1.46. The van der Waals surface area contributed by atoms with Crippen LogP contribution in [-0.4, -0.2) is 15.4 Å². The first-order valence-corrected chi connectivity index (χ1v) is 7.38. The zero-order valence-electron chi connectivity index (χ0n) is 11.0. The molecule has 0 atom stereocenters. The predicted octanol–water partition coefficient (Wildman–Crippen LogP) is 2.91. The SMILES string of the molecule is O=C(OCc1c(F)cccc1Cl)c1cnc2sccn2c1=O. The molecule has 3 rings (SSSR count). The predicted molar refractivity (Wildman–Crippen MR) is 79.9 cm³/mol. The van der Waals surface area contributed by atoms with Gasteiger partial charge in [-0.2, -0.15) is 0 Å². The van der Waals surface area contributed by atoms with Gasteiger partial charge in [0, 0.05) is 17.1 Å². The average molecular weight is 339 g/mol. The van der Waals surface area contributed by atoms with Gasteiger partial charge in [-0.05, 0) is 12.1 Å². The van der Waals surface area contributed by atoms with Gasteiger partial charge in [-0.15, -0.1) is 11.3 Å². The third-order valence-corrected chi connectivity index (χ3v) is 4.10. The van der Waals surface area contributed by atoms with Crippen molar-refractivity contribution in [2.24, 2.45) is 0 Å². The summed E-state index contributed by atoms with van der Waals surface area (Å²) < 4.78 is 19.8. The minimum atomic E-state index is -0.877. The quantitative estimate of drug-likeness (QED) is 0.689. The van der Waals surface area contributed by atoms with Crippen LogP contribution in [-0.2, 0) is 11.3 Å². The van der Waals surface area contributed by atoms with Gasteiger partial charge in [0.15, 0.2) is 4.96 Å². The number of benzene rings is 1. The van der Waals surface area contributed by atoms with E-state index < -0.39 is 17.3 Å². The highest BCUT2D eigenvalue weighted by molar-refractivity contribution is 7.15. The van der Waals surface area contributed by atoms with Crippen molar-refractivity contribution in [1.82, 2.24) is 9.38 Å². The topological polar surface area (TPSA) is 60.7 Å². The molecule has 0 unspecified atom stereocenters. The van der Waals surface area contributed by atoms with E-state index >= 15 is 0 Å². The van der Waals surface area contributed by atoms with Crippen LogP contribution in [0.3, 0.4) is 0 Å². The molecule has 0 amide bonds. The van der Waals surface area contributed by atoms with Gasteiger partial charge in [0.1, 0.15) is 18.0 Å². The normalized spacial score (nSPS) is 10.8. The monoisotopic (exact) mass is 338 g/mol. The lowest BCUT2D eigenvalue weighted by Gasteiger charge is -2.07. The molecule has 0 saturated heterocycles. The molecule has 1 aromatic carbocycles. The highest BCUT2D eigenvalue weighted by Gasteiger charge is 2.17. The lowest BCUT2D eigenvalue weighted by molar-refractivity contribution is 0.0466. The number of hydrogen-bond donors (Lipinski definition) is 0. The molecule has 0 spiro atoms. The second-order valence-corrected chi connectivity index (χ2v) is 5.59. The number of ether oxygens (including phenoxy) is 1. The van der Waals surface area contributed by atoms with Crippen LogP contribution in [0, 0.1) is 5.82 Å². The number of halogens is 2. The molecule has 0 N–H and O–H groups in total. The highest BCUT2D eigenvalue weighted by atomic mass is 35.5. The summed E-state index contributed by atoms with van der Waals surface area (Å²) in [6.07, 6.45) is 2.67. The number of carbonyl (C=O) groups is 1. The molecule has 0 aliphatic rings. The maximum absolute atomic E-state index is 13.6. The van der Waals surface area contributed by atoms with Crippen molar-refractivity contribution in [2.45, 2.75) is 6.61 Å². The lowest BCUT2D eigenvalue weighted by atomic mass is 10.2. The number of hydrogen-bond acceptors (Lipinski definition) is 5. The summed E-state index contributed by atoms with van der Waals surface area (Å²) in [6, 6.07) is 4.15. The first kappa shape index (κ1) is 14.7. The van der Waals surface area contributed by atoms with Gasteiger partial charge in [-0.3, -0.25) is 9.20 Å². The van der Waals surface area contributed by atoms with Crippen molar-refractivity contribution in [3.05, 3.63) is 68.3 Å². The minimum absolute atomic E-state index is 0.0576. The van der Waals surface area contributed by atoms with E-state index in [2.05, 4.69) is 4.98 Å². The van der Waals surface area contributed by atoms with Crippen LogP contribution >= 0.6 is 22.9 Å². The van der Waals surface area contributed by atoms with Crippen LogP contribution in [0.15, 0.2) is 40.8 Å². The molecular formula is C14H8ClFN2O3S. The van der Waals surface area contributed by atoms with Gasteiger partial charge in [0.25, 0.3) is 5.56 Å². The molecule has 8 heteroatoms. The van der Waals surface area contributed by atoms with E-state index in [0.29, 0.717) is 4.96 Å². The van der Waals surface area contributed by atoms with E-state index in [1.165, 1.54) is 40.1 Å². The molecule has 0 aliphatic carbocycles. The molecule has 0 radical (unpaired) electrons. The van der Waals surface area contributed by atoms with Gasteiger partial charge < -0.3 is 4.74 Å². The maximum atomic E-state index is 13.6.